The van der Waals surface area contributed by atoms with Crippen LogP contribution in [0.3, 0.4) is 0 Å². The second-order valence-electron chi connectivity index (χ2n) is 5.11. The maximum atomic E-state index is 12.8. The highest BCUT2D eigenvalue weighted by Gasteiger charge is 2.34. The second kappa shape index (κ2) is 6.48. The van der Waals surface area contributed by atoms with Crippen molar-refractivity contribution in [2.45, 2.75) is 44.8 Å². The molecule has 2 rings (SSSR count). The SMILES string of the molecule is CCCNC(CC(F)(F)F)c1cccc2c1OCCC2. The number of hydrogen-bond donors (Lipinski definition) is 1. The average Bonchev–Trinajstić information content (AvgIpc) is 2.41. The van der Waals surface area contributed by atoms with Crippen LogP contribution >= 0.6 is 0 Å². The van der Waals surface area contributed by atoms with Gasteiger partial charge >= 0.3 is 6.18 Å². The van der Waals surface area contributed by atoms with Gasteiger partial charge in [-0.05, 0) is 31.4 Å². The second-order valence-corrected chi connectivity index (χ2v) is 5.11. The van der Waals surface area contributed by atoms with Crippen molar-refractivity contribution in [3.63, 3.8) is 0 Å². The first-order valence-electron chi connectivity index (χ1n) is 7.06. The number of nitrogens with one attached hydrogen (secondary N) is 1. The van der Waals surface area contributed by atoms with E-state index >= 15 is 0 Å². The van der Waals surface area contributed by atoms with Crippen molar-refractivity contribution in [1.82, 2.24) is 5.32 Å². The zero-order valence-corrected chi connectivity index (χ0v) is 11.6. The number of benzene rings is 1. The average molecular weight is 287 g/mol. The normalized spacial score (nSPS) is 16.4. The molecule has 0 fully saturated rings. The van der Waals surface area contributed by atoms with Crippen LogP contribution in [-0.2, 0) is 6.42 Å². The van der Waals surface area contributed by atoms with Gasteiger partial charge in [0.05, 0.1) is 13.0 Å². The predicted octanol–water partition coefficient (Wildman–Crippen LogP) is 4.00. The fraction of sp³-hybridized carbons (Fsp3) is 0.600. The Bertz CT molecular complexity index is 445. The quantitative estimate of drug-likeness (QED) is 0.883. The molecule has 1 aliphatic heterocycles. The Balaban J connectivity index is 2.27. The zero-order chi connectivity index (χ0) is 14.6. The molecule has 1 aromatic carbocycles. The van der Waals surface area contributed by atoms with Crippen LogP contribution in [-0.4, -0.2) is 19.3 Å². The highest BCUT2D eigenvalue weighted by molar-refractivity contribution is 5.44. The molecule has 1 aromatic rings. The van der Waals surface area contributed by atoms with Crippen LogP contribution in [0.25, 0.3) is 0 Å². The van der Waals surface area contributed by atoms with Gasteiger partial charge in [-0.25, -0.2) is 0 Å². The summed E-state index contributed by atoms with van der Waals surface area (Å²) in [5.74, 6) is 0.650. The van der Waals surface area contributed by atoms with Crippen LogP contribution in [0.15, 0.2) is 18.2 Å². The Kier molecular flexibility index (Phi) is 4.91. The Hall–Kier alpha value is -1.23. The topological polar surface area (TPSA) is 21.3 Å². The maximum absolute atomic E-state index is 12.8. The number of alkyl halides is 3. The molecule has 112 valence electrons. The third-order valence-corrected chi connectivity index (χ3v) is 3.42. The van der Waals surface area contributed by atoms with Crippen molar-refractivity contribution in [3.8, 4) is 5.75 Å². The fourth-order valence-electron chi connectivity index (χ4n) is 2.53. The summed E-state index contributed by atoms with van der Waals surface area (Å²) >= 11 is 0. The van der Waals surface area contributed by atoms with E-state index in [0.717, 1.165) is 24.8 Å². The summed E-state index contributed by atoms with van der Waals surface area (Å²) in [7, 11) is 0. The molecule has 0 bridgehead atoms. The Morgan fingerprint density at radius 1 is 1.35 bits per heavy atom. The highest BCUT2D eigenvalue weighted by atomic mass is 19.4. The number of aryl methyl sites for hydroxylation is 1. The van der Waals surface area contributed by atoms with E-state index in [0.29, 0.717) is 24.5 Å². The smallest absolute Gasteiger partial charge is 0.390 e. The Morgan fingerprint density at radius 2 is 2.15 bits per heavy atom. The minimum atomic E-state index is -4.19. The summed E-state index contributed by atoms with van der Waals surface area (Å²) in [4.78, 5) is 0. The van der Waals surface area contributed by atoms with E-state index in [1.165, 1.54) is 0 Å². The molecule has 1 unspecified atom stereocenters. The van der Waals surface area contributed by atoms with Crippen LogP contribution < -0.4 is 10.1 Å². The fourth-order valence-corrected chi connectivity index (χ4v) is 2.53. The van der Waals surface area contributed by atoms with E-state index in [2.05, 4.69) is 5.32 Å². The van der Waals surface area contributed by atoms with Crippen molar-refractivity contribution in [2.24, 2.45) is 0 Å². The molecule has 1 atom stereocenters. The van der Waals surface area contributed by atoms with Crippen molar-refractivity contribution in [2.75, 3.05) is 13.2 Å². The van der Waals surface area contributed by atoms with Gasteiger partial charge in [-0.2, -0.15) is 13.2 Å². The molecule has 0 spiro atoms. The zero-order valence-electron chi connectivity index (χ0n) is 11.6. The first-order valence-corrected chi connectivity index (χ1v) is 7.06. The highest BCUT2D eigenvalue weighted by Crippen LogP contribution is 2.37. The minimum absolute atomic E-state index is 0.560. The number of halogens is 3. The third-order valence-electron chi connectivity index (χ3n) is 3.42. The molecule has 0 radical (unpaired) electrons. The molecule has 0 saturated carbocycles. The molecule has 5 heteroatoms. The molecule has 0 amide bonds. The Morgan fingerprint density at radius 3 is 2.85 bits per heavy atom. The van der Waals surface area contributed by atoms with Crippen LogP contribution in [0.1, 0.15) is 43.4 Å². The standard InChI is InChI=1S/C15H20F3NO/c1-2-8-19-13(10-15(16,17)18)12-7-3-5-11-6-4-9-20-14(11)12/h3,5,7,13,19H,2,4,6,8-10H2,1H3. The molecule has 1 N–H and O–H groups in total. The van der Waals surface area contributed by atoms with E-state index in [9.17, 15) is 13.2 Å². The number of rotatable bonds is 5. The summed E-state index contributed by atoms with van der Waals surface area (Å²) in [5.41, 5.74) is 1.65. The van der Waals surface area contributed by atoms with Gasteiger partial charge in [0, 0.05) is 11.6 Å². The summed E-state index contributed by atoms with van der Waals surface area (Å²) in [6.07, 6.45) is -2.47. The molecule has 0 saturated heterocycles. The first-order chi connectivity index (χ1) is 9.51. The van der Waals surface area contributed by atoms with E-state index in [4.69, 9.17) is 4.74 Å². The lowest BCUT2D eigenvalue weighted by Gasteiger charge is -2.26. The summed E-state index contributed by atoms with van der Waals surface area (Å²) in [6.45, 7) is 3.08. The van der Waals surface area contributed by atoms with Gasteiger partial charge in [0.1, 0.15) is 5.75 Å². The molecule has 1 aliphatic rings. The molecule has 0 aromatic heterocycles. The van der Waals surface area contributed by atoms with Gasteiger partial charge in [-0.3, -0.25) is 0 Å². The summed E-state index contributed by atoms with van der Waals surface area (Å²) in [5, 5.41) is 2.99. The molecule has 1 heterocycles. The number of ether oxygens (including phenoxy) is 1. The van der Waals surface area contributed by atoms with Crippen molar-refractivity contribution >= 4 is 0 Å². The lowest BCUT2D eigenvalue weighted by atomic mass is 9.96. The van der Waals surface area contributed by atoms with Crippen molar-refractivity contribution < 1.29 is 17.9 Å². The van der Waals surface area contributed by atoms with Crippen LogP contribution in [0.4, 0.5) is 13.2 Å². The molecule has 0 aliphatic carbocycles. The van der Waals surface area contributed by atoms with Gasteiger partial charge in [0.25, 0.3) is 0 Å². The maximum Gasteiger partial charge on any atom is 0.390 e. The summed E-state index contributed by atoms with van der Waals surface area (Å²) in [6, 6.07) is 4.76. The molecule has 20 heavy (non-hydrogen) atoms. The molecular formula is C15H20F3NO. The molecular weight excluding hydrogens is 267 g/mol. The lowest BCUT2D eigenvalue weighted by Crippen LogP contribution is -2.28. The number of hydrogen-bond acceptors (Lipinski definition) is 2. The number of fused-ring (bicyclic) bond motifs is 1. The van der Waals surface area contributed by atoms with Gasteiger partial charge in [0.15, 0.2) is 0 Å². The van der Waals surface area contributed by atoms with Crippen LogP contribution in [0, 0.1) is 0 Å². The van der Waals surface area contributed by atoms with Gasteiger partial charge in [-0.1, -0.05) is 25.1 Å². The van der Waals surface area contributed by atoms with E-state index in [-0.39, 0.29) is 0 Å². The molecule has 2 nitrogen and oxygen atoms in total. The van der Waals surface area contributed by atoms with Crippen molar-refractivity contribution in [3.05, 3.63) is 29.3 Å². The lowest BCUT2D eigenvalue weighted by molar-refractivity contribution is -0.140. The minimum Gasteiger partial charge on any atom is -0.493 e. The first kappa shape index (κ1) is 15.2. The van der Waals surface area contributed by atoms with E-state index < -0.39 is 18.6 Å². The van der Waals surface area contributed by atoms with E-state index in [1.807, 2.05) is 19.1 Å². The summed E-state index contributed by atoms with van der Waals surface area (Å²) < 4.78 is 43.9. The van der Waals surface area contributed by atoms with E-state index in [1.54, 1.807) is 6.07 Å². The van der Waals surface area contributed by atoms with Gasteiger partial charge < -0.3 is 10.1 Å². The van der Waals surface area contributed by atoms with Crippen LogP contribution in [0.5, 0.6) is 5.75 Å². The predicted molar refractivity (Wildman–Crippen MR) is 72.0 cm³/mol. The number of para-hydroxylation sites is 1. The van der Waals surface area contributed by atoms with Crippen molar-refractivity contribution in [1.29, 1.82) is 0 Å². The largest absolute Gasteiger partial charge is 0.493 e. The monoisotopic (exact) mass is 287 g/mol. The van der Waals surface area contributed by atoms with Crippen LogP contribution in [0.2, 0.25) is 0 Å². The third kappa shape index (κ3) is 3.88. The van der Waals surface area contributed by atoms with Gasteiger partial charge in [0.2, 0.25) is 0 Å². The van der Waals surface area contributed by atoms with Gasteiger partial charge in [-0.15, -0.1) is 0 Å². The Labute approximate surface area is 117 Å².